The normalized spacial score (nSPS) is 18.2. The minimum absolute atomic E-state index is 0.107. The van der Waals surface area contributed by atoms with E-state index < -0.39 is 29.8 Å². The summed E-state index contributed by atoms with van der Waals surface area (Å²) in [6.45, 7) is 5.41. The van der Waals surface area contributed by atoms with Crippen LogP contribution in [0.3, 0.4) is 0 Å². The van der Waals surface area contributed by atoms with Crippen LogP contribution in [-0.4, -0.2) is 57.8 Å². The van der Waals surface area contributed by atoms with Crippen LogP contribution in [0, 0.1) is 11.3 Å². The number of hydrogen-bond donors (Lipinski definition) is 3. The topological polar surface area (TPSA) is 146 Å². The van der Waals surface area contributed by atoms with Gasteiger partial charge in [-0.15, -0.1) is 0 Å². The number of nitrogens with two attached hydrogens (primary N) is 1. The average molecular weight is 455 g/mol. The van der Waals surface area contributed by atoms with E-state index in [0.29, 0.717) is 35.9 Å². The largest absolute Gasteiger partial charge is 0.444 e. The van der Waals surface area contributed by atoms with Crippen LogP contribution in [0.5, 0.6) is 0 Å². The van der Waals surface area contributed by atoms with Gasteiger partial charge < -0.3 is 26.0 Å². The average Bonchev–Trinajstić information content (AvgIpc) is 2.74. The maximum Gasteiger partial charge on any atom is 0.410 e. The van der Waals surface area contributed by atoms with Gasteiger partial charge in [-0.2, -0.15) is 5.26 Å². The quantitative estimate of drug-likeness (QED) is 0.624. The maximum absolute atomic E-state index is 14.9. The Balaban J connectivity index is 1.72. The highest BCUT2D eigenvalue weighted by Crippen LogP contribution is 2.26. The minimum atomic E-state index is -1.39. The number of nitriles is 1. The molecule has 33 heavy (non-hydrogen) atoms. The summed E-state index contributed by atoms with van der Waals surface area (Å²) in [6, 6.07) is 6.08. The predicted octanol–water partition coefficient (Wildman–Crippen LogP) is 2.95. The molecule has 0 saturated carbocycles. The number of piperidine rings is 1. The fourth-order valence-electron chi connectivity index (χ4n) is 3.26. The number of amides is 2. The fraction of sp³-hybridized carbons (Fsp3) is 0.409. The van der Waals surface area contributed by atoms with Crippen LogP contribution in [0.25, 0.3) is 0 Å². The highest BCUT2D eigenvalue weighted by Gasteiger charge is 2.34. The van der Waals surface area contributed by atoms with Crippen molar-refractivity contribution < 1.29 is 18.7 Å². The van der Waals surface area contributed by atoms with Crippen molar-refractivity contribution in [2.45, 2.75) is 45.0 Å². The smallest absolute Gasteiger partial charge is 0.410 e. The number of primary amides is 1. The van der Waals surface area contributed by atoms with Gasteiger partial charge >= 0.3 is 6.09 Å². The van der Waals surface area contributed by atoms with E-state index in [1.807, 2.05) is 6.07 Å². The molecule has 3 heterocycles. The Kier molecular flexibility index (Phi) is 6.96. The third-order valence-corrected chi connectivity index (χ3v) is 4.85. The molecule has 0 bridgehead atoms. The Morgan fingerprint density at radius 2 is 2.00 bits per heavy atom. The summed E-state index contributed by atoms with van der Waals surface area (Å²) in [5.41, 5.74) is 5.62. The van der Waals surface area contributed by atoms with E-state index in [2.05, 4.69) is 20.6 Å². The van der Waals surface area contributed by atoms with Crippen LogP contribution in [0.15, 0.2) is 30.6 Å². The van der Waals surface area contributed by atoms with Crippen molar-refractivity contribution in [3.63, 3.8) is 0 Å². The van der Waals surface area contributed by atoms with Crippen LogP contribution in [0.2, 0.25) is 0 Å². The summed E-state index contributed by atoms with van der Waals surface area (Å²) in [4.78, 5) is 33.7. The second-order valence-electron chi connectivity index (χ2n) is 8.63. The first-order chi connectivity index (χ1) is 15.6. The number of carbonyl (C=O) groups is 2. The number of nitrogens with zero attached hydrogens (tertiary/aromatic N) is 4. The molecule has 2 atom stereocenters. The highest BCUT2D eigenvalue weighted by atomic mass is 19.1. The molecule has 0 unspecified atom stereocenters. The third-order valence-electron chi connectivity index (χ3n) is 4.85. The van der Waals surface area contributed by atoms with Crippen molar-refractivity contribution in [3.05, 3.63) is 41.7 Å². The molecule has 1 aliphatic rings. The third kappa shape index (κ3) is 6.29. The Morgan fingerprint density at radius 3 is 2.58 bits per heavy atom. The minimum Gasteiger partial charge on any atom is -0.444 e. The Labute approximate surface area is 190 Å². The molecule has 174 valence electrons. The number of anilines is 3. The molecule has 2 aromatic rings. The van der Waals surface area contributed by atoms with E-state index in [9.17, 15) is 14.0 Å². The van der Waals surface area contributed by atoms with Gasteiger partial charge in [-0.05, 0) is 39.3 Å². The van der Waals surface area contributed by atoms with Crippen molar-refractivity contribution in [2.75, 3.05) is 23.7 Å². The molecule has 0 radical (unpaired) electrons. The van der Waals surface area contributed by atoms with Crippen LogP contribution in [-0.2, 0) is 4.74 Å². The molecule has 11 heteroatoms. The SMILES string of the molecule is CC(C)(C)OC(=O)N1CC[C@@H](Nc2cc(Nc3ccc(C#N)cn3)ncc2C(N)=O)[C@@H](F)C1. The highest BCUT2D eigenvalue weighted by molar-refractivity contribution is 5.98. The second-order valence-corrected chi connectivity index (χ2v) is 8.63. The molecule has 2 aromatic heterocycles. The van der Waals surface area contributed by atoms with Crippen molar-refractivity contribution in [1.82, 2.24) is 14.9 Å². The Hall–Kier alpha value is -3.94. The first kappa shape index (κ1) is 23.7. The van der Waals surface area contributed by atoms with Gasteiger partial charge in [0, 0.05) is 25.0 Å². The number of halogens is 1. The second kappa shape index (κ2) is 9.68. The molecule has 10 nitrogen and oxygen atoms in total. The Bertz CT molecular complexity index is 1060. The van der Waals surface area contributed by atoms with Gasteiger partial charge in [0.15, 0.2) is 0 Å². The van der Waals surface area contributed by atoms with E-state index >= 15 is 0 Å². The fourth-order valence-corrected chi connectivity index (χ4v) is 3.26. The van der Waals surface area contributed by atoms with Gasteiger partial charge in [0.1, 0.15) is 29.5 Å². The lowest BCUT2D eigenvalue weighted by molar-refractivity contribution is 0.0125. The number of pyridine rings is 2. The number of aromatic nitrogens is 2. The number of likely N-dealkylation sites (tertiary alicyclic amines) is 1. The van der Waals surface area contributed by atoms with Crippen molar-refractivity contribution in [3.8, 4) is 6.07 Å². The molecular weight excluding hydrogens is 429 g/mol. The zero-order valence-electron chi connectivity index (χ0n) is 18.6. The molecule has 0 aliphatic carbocycles. The monoisotopic (exact) mass is 455 g/mol. The molecule has 3 rings (SSSR count). The number of rotatable bonds is 5. The van der Waals surface area contributed by atoms with Crippen LogP contribution < -0.4 is 16.4 Å². The lowest BCUT2D eigenvalue weighted by Gasteiger charge is -2.36. The van der Waals surface area contributed by atoms with Gasteiger partial charge in [-0.1, -0.05) is 0 Å². The summed E-state index contributed by atoms with van der Waals surface area (Å²) in [5.74, 6) is 0.0734. The van der Waals surface area contributed by atoms with E-state index in [1.54, 1.807) is 32.9 Å². The molecule has 2 amide bonds. The molecule has 0 aromatic carbocycles. The summed E-state index contributed by atoms with van der Waals surface area (Å²) in [6.07, 6.45) is 1.05. The Morgan fingerprint density at radius 1 is 1.27 bits per heavy atom. The van der Waals surface area contributed by atoms with E-state index in [4.69, 9.17) is 15.7 Å². The summed E-state index contributed by atoms with van der Waals surface area (Å²) >= 11 is 0. The number of ether oxygens (including phenoxy) is 1. The van der Waals surface area contributed by atoms with Gasteiger partial charge in [0.25, 0.3) is 5.91 Å². The number of hydrogen-bond acceptors (Lipinski definition) is 8. The predicted molar refractivity (Wildman–Crippen MR) is 120 cm³/mol. The molecule has 0 spiro atoms. The van der Waals surface area contributed by atoms with Gasteiger partial charge in [-0.3, -0.25) is 4.79 Å². The molecule has 1 fully saturated rings. The van der Waals surface area contributed by atoms with E-state index in [-0.39, 0.29) is 12.1 Å². The first-order valence-corrected chi connectivity index (χ1v) is 10.4. The van der Waals surface area contributed by atoms with Crippen molar-refractivity contribution in [2.24, 2.45) is 5.73 Å². The number of alkyl halides is 1. The molecule has 1 saturated heterocycles. The van der Waals surface area contributed by atoms with Gasteiger partial charge in [-0.25, -0.2) is 19.2 Å². The van der Waals surface area contributed by atoms with E-state index in [1.165, 1.54) is 23.4 Å². The standard InChI is InChI=1S/C22H26FN7O3/c1-22(2,3)33-21(32)30-7-6-16(15(23)12-30)28-17-8-19(27-11-14(17)20(25)31)29-18-5-4-13(9-24)10-26-18/h4-5,8,10-11,15-16H,6-7,12H2,1-3H3,(H2,25,31)(H2,26,27,28,29)/t15-,16+/m0/s1. The van der Waals surface area contributed by atoms with E-state index in [0.717, 1.165) is 0 Å². The maximum atomic E-state index is 14.9. The number of nitrogens with one attached hydrogen (secondary N) is 2. The zero-order valence-corrected chi connectivity index (χ0v) is 18.6. The first-order valence-electron chi connectivity index (χ1n) is 10.4. The van der Waals surface area contributed by atoms with Gasteiger partial charge in [0.2, 0.25) is 0 Å². The summed E-state index contributed by atoms with van der Waals surface area (Å²) in [5, 5.41) is 14.9. The van der Waals surface area contributed by atoms with Crippen molar-refractivity contribution in [1.29, 1.82) is 5.26 Å². The van der Waals surface area contributed by atoms with Crippen LogP contribution >= 0.6 is 0 Å². The van der Waals surface area contributed by atoms with Crippen LogP contribution in [0.1, 0.15) is 43.1 Å². The molecule has 1 aliphatic heterocycles. The summed E-state index contributed by atoms with van der Waals surface area (Å²) in [7, 11) is 0. The van der Waals surface area contributed by atoms with Gasteiger partial charge in [0.05, 0.1) is 29.4 Å². The molecule has 4 N–H and O–H groups in total. The summed E-state index contributed by atoms with van der Waals surface area (Å²) < 4.78 is 20.2. The number of carbonyl (C=O) groups excluding carboxylic acids is 2. The lowest BCUT2D eigenvalue weighted by Crippen LogP contribution is -2.51. The molecular formula is C22H26FN7O3. The van der Waals surface area contributed by atoms with Crippen molar-refractivity contribution >= 4 is 29.3 Å². The van der Waals surface area contributed by atoms with Crippen LogP contribution in [0.4, 0.5) is 26.5 Å². The zero-order chi connectivity index (χ0) is 24.2. The lowest BCUT2D eigenvalue weighted by atomic mass is 10.0.